The number of aryl methyl sites for hydroxylation is 1. The SMILES string of the molecule is Cc1cc(OCc2cc(=O)n(C)c(=O)n2C)ccc1Cl. The maximum atomic E-state index is 11.8. The van der Waals surface area contributed by atoms with Crippen LogP contribution in [0.15, 0.2) is 33.9 Å². The van der Waals surface area contributed by atoms with Crippen molar-refractivity contribution in [2.45, 2.75) is 13.5 Å². The normalized spacial score (nSPS) is 10.6. The van der Waals surface area contributed by atoms with Crippen LogP contribution in [0.1, 0.15) is 11.3 Å². The van der Waals surface area contributed by atoms with Gasteiger partial charge in [0.1, 0.15) is 12.4 Å². The van der Waals surface area contributed by atoms with E-state index < -0.39 is 0 Å². The minimum atomic E-state index is -0.372. The number of ether oxygens (including phenoxy) is 1. The fourth-order valence-electron chi connectivity index (χ4n) is 1.78. The monoisotopic (exact) mass is 294 g/mol. The second-order valence-electron chi connectivity index (χ2n) is 4.57. The topological polar surface area (TPSA) is 53.2 Å². The zero-order chi connectivity index (χ0) is 14.9. The largest absolute Gasteiger partial charge is 0.487 e. The molecule has 0 fully saturated rings. The summed E-state index contributed by atoms with van der Waals surface area (Å²) in [4.78, 5) is 23.4. The van der Waals surface area contributed by atoms with Crippen LogP contribution >= 0.6 is 11.6 Å². The Morgan fingerprint density at radius 3 is 2.50 bits per heavy atom. The summed E-state index contributed by atoms with van der Waals surface area (Å²) in [7, 11) is 3.05. The van der Waals surface area contributed by atoms with Gasteiger partial charge in [0.25, 0.3) is 5.56 Å². The molecular formula is C14H15ClN2O3. The molecule has 2 aromatic rings. The minimum Gasteiger partial charge on any atom is -0.487 e. The molecule has 0 bridgehead atoms. The Morgan fingerprint density at radius 1 is 1.15 bits per heavy atom. The molecule has 0 spiro atoms. The molecule has 0 unspecified atom stereocenters. The van der Waals surface area contributed by atoms with E-state index in [-0.39, 0.29) is 17.9 Å². The molecule has 1 heterocycles. The lowest BCUT2D eigenvalue weighted by Crippen LogP contribution is -2.38. The van der Waals surface area contributed by atoms with Crippen molar-refractivity contribution in [1.82, 2.24) is 9.13 Å². The van der Waals surface area contributed by atoms with Gasteiger partial charge in [-0.2, -0.15) is 0 Å². The van der Waals surface area contributed by atoms with Crippen molar-refractivity contribution in [1.29, 1.82) is 0 Å². The molecule has 0 saturated carbocycles. The van der Waals surface area contributed by atoms with E-state index >= 15 is 0 Å². The van der Waals surface area contributed by atoms with Gasteiger partial charge in [-0.05, 0) is 30.7 Å². The third-order valence-corrected chi connectivity index (χ3v) is 3.57. The molecule has 0 amide bonds. The molecular weight excluding hydrogens is 280 g/mol. The lowest BCUT2D eigenvalue weighted by Gasteiger charge is -2.11. The Hall–Kier alpha value is -2.01. The van der Waals surface area contributed by atoms with Gasteiger partial charge < -0.3 is 4.74 Å². The molecule has 0 saturated heterocycles. The highest BCUT2D eigenvalue weighted by molar-refractivity contribution is 6.31. The van der Waals surface area contributed by atoms with Gasteiger partial charge in [-0.15, -0.1) is 0 Å². The Morgan fingerprint density at radius 2 is 1.85 bits per heavy atom. The summed E-state index contributed by atoms with van der Waals surface area (Å²) in [5, 5.41) is 0.665. The number of hydrogen-bond acceptors (Lipinski definition) is 3. The third kappa shape index (κ3) is 2.77. The molecule has 0 radical (unpaired) electrons. The smallest absolute Gasteiger partial charge is 0.330 e. The Balaban J connectivity index is 2.25. The summed E-state index contributed by atoms with van der Waals surface area (Å²) < 4.78 is 8.04. The highest BCUT2D eigenvalue weighted by Gasteiger charge is 2.07. The van der Waals surface area contributed by atoms with Crippen molar-refractivity contribution < 1.29 is 4.74 Å². The quantitative estimate of drug-likeness (QED) is 0.864. The van der Waals surface area contributed by atoms with E-state index in [1.807, 2.05) is 13.0 Å². The van der Waals surface area contributed by atoms with E-state index in [9.17, 15) is 9.59 Å². The predicted octanol–water partition coefficient (Wildman–Crippen LogP) is 1.62. The van der Waals surface area contributed by atoms with Gasteiger partial charge >= 0.3 is 5.69 Å². The molecule has 1 aromatic carbocycles. The third-order valence-electron chi connectivity index (χ3n) is 3.14. The summed E-state index contributed by atoms with van der Waals surface area (Å²) in [6, 6.07) is 6.69. The number of nitrogens with zero attached hydrogens (tertiary/aromatic N) is 2. The number of aromatic nitrogens is 2. The fourth-order valence-corrected chi connectivity index (χ4v) is 1.90. The van der Waals surface area contributed by atoms with E-state index in [1.165, 1.54) is 17.7 Å². The summed E-state index contributed by atoms with van der Waals surface area (Å²) >= 11 is 5.94. The van der Waals surface area contributed by atoms with Crippen molar-refractivity contribution in [2.24, 2.45) is 14.1 Å². The lowest BCUT2D eigenvalue weighted by atomic mass is 10.2. The first-order valence-electron chi connectivity index (χ1n) is 6.05. The minimum absolute atomic E-state index is 0.142. The van der Waals surface area contributed by atoms with E-state index in [2.05, 4.69) is 0 Å². The highest BCUT2D eigenvalue weighted by atomic mass is 35.5. The van der Waals surface area contributed by atoms with Gasteiger partial charge in [-0.3, -0.25) is 13.9 Å². The second-order valence-corrected chi connectivity index (χ2v) is 4.98. The molecule has 1 aromatic heterocycles. The van der Waals surface area contributed by atoms with E-state index in [0.717, 1.165) is 10.1 Å². The van der Waals surface area contributed by atoms with Gasteiger partial charge in [0, 0.05) is 25.2 Å². The van der Waals surface area contributed by atoms with Crippen LogP contribution in [0, 0.1) is 6.92 Å². The van der Waals surface area contributed by atoms with Gasteiger partial charge in [0.05, 0.1) is 5.69 Å². The first kappa shape index (κ1) is 14.4. The number of halogens is 1. The average Bonchev–Trinajstić information content (AvgIpc) is 2.42. The van der Waals surface area contributed by atoms with E-state index in [1.54, 1.807) is 19.2 Å². The number of benzene rings is 1. The van der Waals surface area contributed by atoms with Crippen molar-refractivity contribution in [3.8, 4) is 5.75 Å². The Bertz CT molecular complexity index is 762. The van der Waals surface area contributed by atoms with Gasteiger partial charge in [-0.1, -0.05) is 11.6 Å². The van der Waals surface area contributed by atoms with E-state index in [0.29, 0.717) is 16.5 Å². The Kier molecular flexibility index (Phi) is 3.99. The van der Waals surface area contributed by atoms with Crippen molar-refractivity contribution in [3.05, 3.63) is 61.4 Å². The zero-order valence-electron chi connectivity index (χ0n) is 11.5. The van der Waals surface area contributed by atoms with Crippen LogP contribution in [0.2, 0.25) is 5.02 Å². The molecule has 0 aliphatic rings. The van der Waals surface area contributed by atoms with Crippen molar-refractivity contribution in [3.63, 3.8) is 0 Å². The average molecular weight is 295 g/mol. The second kappa shape index (κ2) is 5.54. The van der Waals surface area contributed by atoms with Crippen LogP contribution in [-0.2, 0) is 20.7 Å². The van der Waals surface area contributed by atoms with Crippen LogP contribution in [-0.4, -0.2) is 9.13 Å². The summed E-state index contributed by atoms with van der Waals surface area (Å²) in [5.74, 6) is 0.639. The van der Waals surface area contributed by atoms with Crippen LogP contribution < -0.4 is 16.0 Å². The molecule has 6 heteroatoms. The summed E-state index contributed by atoms with van der Waals surface area (Å²) in [6.45, 7) is 2.02. The van der Waals surface area contributed by atoms with Crippen molar-refractivity contribution >= 4 is 11.6 Å². The molecule has 0 N–H and O–H groups in total. The molecule has 0 aliphatic heterocycles. The number of hydrogen-bond donors (Lipinski definition) is 0. The molecule has 106 valence electrons. The molecule has 2 rings (SSSR count). The molecule has 20 heavy (non-hydrogen) atoms. The number of rotatable bonds is 3. The molecule has 0 atom stereocenters. The zero-order valence-corrected chi connectivity index (χ0v) is 12.3. The summed E-state index contributed by atoms with van der Waals surface area (Å²) in [6.07, 6.45) is 0. The first-order chi connectivity index (χ1) is 9.40. The van der Waals surface area contributed by atoms with Crippen molar-refractivity contribution in [2.75, 3.05) is 0 Å². The van der Waals surface area contributed by atoms with E-state index in [4.69, 9.17) is 16.3 Å². The molecule has 0 aliphatic carbocycles. The van der Waals surface area contributed by atoms with Crippen LogP contribution in [0.5, 0.6) is 5.75 Å². The maximum absolute atomic E-state index is 11.8. The highest BCUT2D eigenvalue weighted by Crippen LogP contribution is 2.21. The maximum Gasteiger partial charge on any atom is 0.330 e. The Labute approximate surface area is 121 Å². The standard InChI is InChI=1S/C14H15ClN2O3/c1-9-6-11(4-5-12(9)15)20-8-10-7-13(18)17(3)14(19)16(10)2/h4-7H,8H2,1-3H3. The van der Waals surface area contributed by atoms with Gasteiger partial charge in [0.15, 0.2) is 0 Å². The molecule has 5 nitrogen and oxygen atoms in total. The first-order valence-corrected chi connectivity index (χ1v) is 6.43. The lowest BCUT2D eigenvalue weighted by molar-refractivity contribution is 0.293. The van der Waals surface area contributed by atoms with Gasteiger partial charge in [-0.25, -0.2) is 4.79 Å². The predicted molar refractivity (Wildman–Crippen MR) is 77.4 cm³/mol. The van der Waals surface area contributed by atoms with Crippen LogP contribution in [0.25, 0.3) is 0 Å². The van der Waals surface area contributed by atoms with Crippen LogP contribution in [0.4, 0.5) is 0 Å². The van der Waals surface area contributed by atoms with Crippen LogP contribution in [0.3, 0.4) is 0 Å². The van der Waals surface area contributed by atoms with Gasteiger partial charge in [0.2, 0.25) is 0 Å². The fraction of sp³-hybridized carbons (Fsp3) is 0.286. The summed E-state index contributed by atoms with van der Waals surface area (Å²) in [5.41, 5.74) is 0.704.